The molecule has 0 saturated heterocycles. The van der Waals surface area contributed by atoms with Crippen molar-refractivity contribution in [2.45, 2.75) is 38.1 Å². The third kappa shape index (κ3) is 2.91. The summed E-state index contributed by atoms with van der Waals surface area (Å²) >= 11 is 0. The van der Waals surface area contributed by atoms with E-state index in [1.165, 1.54) is 19.3 Å². The molecule has 3 N–H and O–H groups in total. The van der Waals surface area contributed by atoms with Crippen molar-refractivity contribution in [2.24, 2.45) is 0 Å². The first-order valence-electron chi connectivity index (χ1n) is 6.42. The summed E-state index contributed by atoms with van der Waals surface area (Å²) in [5.41, 5.74) is 7.01. The third-order valence-corrected chi connectivity index (χ3v) is 3.43. The average molecular weight is 248 g/mol. The quantitative estimate of drug-likeness (QED) is 0.842. The zero-order valence-electron chi connectivity index (χ0n) is 10.7. The number of pyridine rings is 1. The number of hydrogen-bond acceptors (Lipinski definition) is 3. The summed E-state index contributed by atoms with van der Waals surface area (Å²) in [5, 5.41) is 3.06. The minimum atomic E-state index is -0.0974. The highest BCUT2D eigenvalue weighted by Crippen LogP contribution is 2.21. The number of carbonyl (C=O) groups is 1. The topological polar surface area (TPSA) is 71.2 Å². The second kappa shape index (κ2) is 5.71. The summed E-state index contributed by atoms with van der Waals surface area (Å²) in [6, 6.07) is 1.95. The van der Waals surface area contributed by atoms with E-state index in [1.807, 2.05) is 0 Å². The molecule has 5 nitrogen and oxygen atoms in total. The van der Waals surface area contributed by atoms with Crippen molar-refractivity contribution < 1.29 is 4.79 Å². The number of aromatic nitrogens is 1. The van der Waals surface area contributed by atoms with Gasteiger partial charge in [-0.2, -0.15) is 0 Å². The molecule has 1 saturated carbocycles. The SMILES string of the molecule is CN(C(=O)NC1CCCCC1)c1ccncc1N. The summed E-state index contributed by atoms with van der Waals surface area (Å²) in [7, 11) is 1.73. The molecule has 1 fully saturated rings. The molecule has 5 heteroatoms. The van der Waals surface area contributed by atoms with Gasteiger partial charge in [-0.1, -0.05) is 19.3 Å². The maximum atomic E-state index is 12.1. The van der Waals surface area contributed by atoms with Crippen molar-refractivity contribution in [1.82, 2.24) is 10.3 Å². The lowest BCUT2D eigenvalue weighted by atomic mass is 9.96. The first kappa shape index (κ1) is 12.7. The molecule has 1 aliphatic carbocycles. The highest BCUT2D eigenvalue weighted by atomic mass is 16.2. The number of nitrogens with two attached hydrogens (primary N) is 1. The molecule has 0 radical (unpaired) electrons. The van der Waals surface area contributed by atoms with E-state index in [0.29, 0.717) is 17.4 Å². The molecule has 0 atom stereocenters. The summed E-state index contributed by atoms with van der Waals surface area (Å²) in [6.07, 6.45) is 9.02. The Bertz CT molecular complexity index is 415. The van der Waals surface area contributed by atoms with Gasteiger partial charge in [-0.3, -0.25) is 9.88 Å². The highest BCUT2D eigenvalue weighted by Gasteiger charge is 2.19. The number of carbonyl (C=O) groups excluding carboxylic acids is 1. The molecule has 0 aromatic carbocycles. The molecule has 0 unspecified atom stereocenters. The number of nitrogen functional groups attached to an aromatic ring is 1. The van der Waals surface area contributed by atoms with Crippen LogP contribution in [0.4, 0.5) is 16.2 Å². The largest absolute Gasteiger partial charge is 0.396 e. The first-order chi connectivity index (χ1) is 8.68. The van der Waals surface area contributed by atoms with Crippen LogP contribution in [0.3, 0.4) is 0 Å². The number of nitrogens with zero attached hydrogens (tertiary/aromatic N) is 2. The minimum Gasteiger partial charge on any atom is -0.396 e. The lowest BCUT2D eigenvalue weighted by Gasteiger charge is -2.26. The zero-order chi connectivity index (χ0) is 13.0. The fourth-order valence-electron chi connectivity index (χ4n) is 2.33. The molecular formula is C13H20N4O. The molecule has 18 heavy (non-hydrogen) atoms. The van der Waals surface area contributed by atoms with E-state index >= 15 is 0 Å². The fourth-order valence-corrected chi connectivity index (χ4v) is 2.33. The summed E-state index contributed by atoms with van der Waals surface area (Å²) < 4.78 is 0. The van der Waals surface area contributed by atoms with Gasteiger partial charge in [0, 0.05) is 19.3 Å². The number of anilines is 2. The van der Waals surface area contributed by atoms with E-state index < -0.39 is 0 Å². The van der Waals surface area contributed by atoms with Crippen LogP contribution < -0.4 is 16.0 Å². The van der Waals surface area contributed by atoms with Gasteiger partial charge < -0.3 is 11.1 Å². The predicted octanol–water partition coefficient (Wildman–Crippen LogP) is 2.14. The summed E-state index contributed by atoms with van der Waals surface area (Å²) in [4.78, 5) is 17.6. The van der Waals surface area contributed by atoms with E-state index in [2.05, 4.69) is 10.3 Å². The monoisotopic (exact) mass is 248 g/mol. The molecule has 0 bridgehead atoms. The number of hydrogen-bond donors (Lipinski definition) is 2. The Kier molecular flexibility index (Phi) is 4.02. The lowest BCUT2D eigenvalue weighted by Crippen LogP contribution is -2.44. The van der Waals surface area contributed by atoms with E-state index in [1.54, 1.807) is 30.4 Å². The molecule has 98 valence electrons. The van der Waals surface area contributed by atoms with Crippen molar-refractivity contribution in [3.8, 4) is 0 Å². The van der Waals surface area contributed by atoms with Crippen LogP contribution in [0.2, 0.25) is 0 Å². The molecule has 0 aliphatic heterocycles. The molecule has 2 rings (SSSR count). The standard InChI is InChI=1S/C13H20N4O/c1-17(12-7-8-15-9-11(12)14)13(18)16-10-5-3-2-4-6-10/h7-10H,2-6,14H2,1H3,(H,16,18). The third-order valence-electron chi connectivity index (χ3n) is 3.43. The molecule has 1 aliphatic rings. The maximum Gasteiger partial charge on any atom is 0.321 e. The maximum absolute atomic E-state index is 12.1. The van der Waals surface area contributed by atoms with Crippen molar-refractivity contribution in [2.75, 3.05) is 17.7 Å². The van der Waals surface area contributed by atoms with Crippen LogP contribution in [0.5, 0.6) is 0 Å². The van der Waals surface area contributed by atoms with E-state index in [-0.39, 0.29) is 6.03 Å². The van der Waals surface area contributed by atoms with Crippen molar-refractivity contribution in [3.63, 3.8) is 0 Å². The fraction of sp³-hybridized carbons (Fsp3) is 0.538. The van der Waals surface area contributed by atoms with Crippen molar-refractivity contribution >= 4 is 17.4 Å². The predicted molar refractivity (Wildman–Crippen MR) is 72.5 cm³/mol. The van der Waals surface area contributed by atoms with Crippen LogP contribution in [-0.4, -0.2) is 24.1 Å². The van der Waals surface area contributed by atoms with Crippen molar-refractivity contribution in [3.05, 3.63) is 18.5 Å². The Labute approximate surface area is 107 Å². The van der Waals surface area contributed by atoms with Crippen LogP contribution in [0, 0.1) is 0 Å². The molecule has 1 aromatic heterocycles. The number of rotatable bonds is 2. The van der Waals surface area contributed by atoms with Gasteiger partial charge in [0.15, 0.2) is 0 Å². The van der Waals surface area contributed by atoms with Gasteiger partial charge in [0.2, 0.25) is 0 Å². The van der Waals surface area contributed by atoms with Gasteiger partial charge in [0.05, 0.1) is 17.6 Å². The van der Waals surface area contributed by atoms with Crippen LogP contribution in [0.1, 0.15) is 32.1 Å². The van der Waals surface area contributed by atoms with Crippen molar-refractivity contribution in [1.29, 1.82) is 0 Å². The Hall–Kier alpha value is -1.78. The molecule has 2 amide bonds. The van der Waals surface area contributed by atoms with Gasteiger partial charge in [0.1, 0.15) is 0 Å². The van der Waals surface area contributed by atoms with Crippen LogP contribution in [-0.2, 0) is 0 Å². The summed E-state index contributed by atoms with van der Waals surface area (Å²) in [6.45, 7) is 0. The normalized spacial score (nSPS) is 16.3. The lowest BCUT2D eigenvalue weighted by molar-refractivity contribution is 0.239. The second-order valence-electron chi connectivity index (χ2n) is 4.78. The van der Waals surface area contributed by atoms with Gasteiger partial charge in [-0.25, -0.2) is 4.79 Å². The number of nitrogens with one attached hydrogen (secondary N) is 1. The zero-order valence-corrected chi connectivity index (χ0v) is 10.7. The molecular weight excluding hydrogens is 228 g/mol. The number of urea groups is 1. The van der Waals surface area contributed by atoms with Gasteiger partial charge in [-0.05, 0) is 18.9 Å². The van der Waals surface area contributed by atoms with E-state index in [9.17, 15) is 4.79 Å². The van der Waals surface area contributed by atoms with E-state index in [4.69, 9.17) is 5.73 Å². The number of amides is 2. The Balaban J connectivity index is 1.98. The molecule has 0 spiro atoms. The van der Waals surface area contributed by atoms with Gasteiger partial charge in [-0.15, -0.1) is 0 Å². The van der Waals surface area contributed by atoms with Gasteiger partial charge >= 0.3 is 6.03 Å². The Morgan fingerprint density at radius 3 is 2.83 bits per heavy atom. The molecule has 1 heterocycles. The average Bonchev–Trinajstić information content (AvgIpc) is 2.39. The minimum absolute atomic E-state index is 0.0974. The second-order valence-corrected chi connectivity index (χ2v) is 4.78. The van der Waals surface area contributed by atoms with Gasteiger partial charge in [0.25, 0.3) is 0 Å². The van der Waals surface area contributed by atoms with Crippen LogP contribution in [0.25, 0.3) is 0 Å². The molecule has 1 aromatic rings. The first-order valence-corrected chi connectivity index (χ1v) is 6.42. The highest BCUT2D eigenvalue weighted by molar-refractivity contribution is 5.94. The Morgan fingerprint density at radius 2 is 2.17 bits per heavy atom. The smallest absolute Gasteiger partial charge is 0.321 e. The van der Waals surface area contributed by atoms with E-state index in [0.717, 1.165) is 12.8 Å². The van der Waals surface area contributed by atoms with Crippen LogP contribution >= 0.6 is 0 Å². The summed E-state index contributed by atoms with van der Waals surface area (Å²) in [5.74, 6) is 0. The Morgan fingerprint density at radius 1 is 1.44 bits per heavy atom. The van der Waals surface area contributed by atoms with Crippen LogP contribution in [0.15, 0.2) is 18.5 Å².